The number of benzene rings is 3. The van der Waals surface area contributed by atoms with Crippen molar-refractivity contribution in [2.24, 2.45) is 0 Å². The summed E-state index contributed by atoms with van der Waals surface area (Å²) in [6.07, 6.45) is 1.67. The zero-order valence-corrected chi connectivity index (χ0v) is 14.9. The van der Waals surface area contributed by atoms with Crippen LogP contribution in [-0.2, 0) is 4.74 Å². The topological polar surface area (TPSA) is 79.4 Å². The van der Waals surface area contributed by atoms with Gasteiger partial charge in [-0.05, 0) is 54.6 Å². The summed E-state index contributed by atoms with van der Waals surface area (Å²) in [6.45, 7) is 0. The van der Waals surface area contributed by atoms with E-state index in [9.17, 15) is 9.18 Å². The maximum Gasteiger partial charge on any atom is 0.337 e. The SMILES string of the molecule is COC(=O)c1ccc(-n2ncc3c(Oc4ccc(F)cc4)cc(N)cc32)cc1. The summed E-state index contributed by atoms with van der Waals surface area (Å²) >= 11 is 0. The number of esters is 1. The fourth-order valence-corrected chi connectivity index (χ4v) is 2.89. The van der Waals surface area contributed by atoms with Gasteiger partial charge in [0.2, 0.25) is 0 Å². The van der Waals surface area contributed by atoms with Crippen molar-refractivity contribution in [1.29, 1.82) is 0 Å². The van der Waals surface area contributed by atoms with Gasteiger partial charge in [0.1, 0.15) is 17.3 Å². The Labute approximate surface area is 159 Å². The number of nitrogens with zero attached hydrogens (tertiary/aromatic N) is 2. The van der Waals surface area contributed by atoms with E-state index in [1.165, 1.54) is 19.2 Å². The van der Waals surface area contributed by atoms with Gasteiger partial charge in [-0.15, -0.1) is 0 Å². The molecule has 1 aromatic heterocycles. The van der Waals surface area contributed by atoms with Crippen molar-refractivity contribution in [1.82, 2.24) is 9.78 Å². The van der Waals surface area contributed by atoms with Crippen molar-refractivity contribution in [2.45, 2.75) is 0 Å². The highest BCUT2D eigenvalue weighted by atomic mass is 19.1. The van der Waals surface area contributed by atoms with E-state index in [4.69, 9.17) is 15.2 Å². The zero-order valence-electron chi connectivity index (χ0n) is 14.9. The van der Waals surface area contributed by atoms with Crippen molar-refractivity contribution < 1.29 is 18.7 Å². The number of hydrogen-bond acceptors (Lipinski definition) is 5. The van der Waals surface area contributed by atoms with Crippen molar-refractivity contribution in [2.75, 3.05) is 12.8 Å². The quantitative estimate of drug-likeness (QED) is 0.423. The third kappa shape index (κ3) is 3.25. The number of ether oxygens (including phenoxy) is 2. The van der Waals surface area contributed by atoms with Crippen LogP contribution in [0.5, 0.6) is 11.5 Å². The standard InChI is InChI=1S/C21H16FN3O3/c1-27-21(26)13-2-6-16(7-3-13)25-19-10-15(23)11-20(18(19)12-24-25)28-17-8-4-14(22)5-9-17/h2-12H,23H2,1H3. The van der Waals surface area contributed by atoms with Crippen LogP contribution >= 0.6 is 0 Å². The number of nitrogens with two attached hydrogens (primary N) is 1. The molecule has 0 radical (unpaired) electrons. The molecule has 3 aromatic carbocycles. The lowest BCUT2D eigenvalue weighted by Crippen LogP contribution is -2.02. The maximum absolute atomic E-state index is 13.1. The lowest BCUT2D eigenvalue weighted by atomic mass is 10.2. The van der Waals surface area contributed by atoms with Gasteiger partial charge in [0, 0.05) is 11.8 Å². The Morgan fingerprint density at radius 2 is 1.79 bits per heavy atom. The molecule has 2 N–H and O–H groups in total. The van der Waals surface area contributed by atoms with E-state index in [0.717, 1.165) is 16.6 Å². The Hall–Kier alpha value is -3.87. The first kappa shape index (κ1) is 17.5. The van der Waals surface area contributed by atoms with Crippen LogP contribution in [0.25, 0.3) is 16.6 Å². The van der Waals surface area contributed by atoms with E-state index in [1.54, 1.807) is 59.4 Å². The molecule has 0 aliphatic heterocycles. The molecule has 4 rings (SSSR count). The Morgan fingerprint density at radius 3 is 2.46 bits per heavy atom. The second-order valence-electron chi connectivity index (χ2n) is 6.10. The van der Waals surface area contributed by atoms with Crippen molar-refractivity contribution in [3.8, 4) is 17.2 Å². The molecular weight excluding hydrogens is 361 g/mol. The highest BCUT2D eigenvalue weighted by molar-refractivity contribution is 5.91. The molecule has 0 atom stereocenters. The van der Waals surface area contributed by atoms with E-state index in [1.807, 2.05) is 0 Å². The van der Waals surface area contributed by atoms with Crippen LogP contribution in [-0.4, -0.2) is 22.9 Å². The summed E-state index contributed by atoms with van der Waals surface area (Å²) < 4.78 is 25.4. The van der Waals surface area contributed by atoms with Crippen LogP contribution < -0.4 is 10.5 Å². The molecule has 0 saturated carbocycles. The van der Waals surface area contributed by atoms with Crippen LogP contribution in [0.1, 0.15) is 10.4 Å². The lowest BCUT2D eigenvalue weighted by molar-refractivity contribution is 0.0600. The molecule has 0 amide bonds. The van der Waals surface area contributed by atoms with Gasteiger partial charge < -0.3 is 15.2 Å². The predicted molar refractivity (Wildman–Crippen MR) is 103 cm³/mol. The zero-order chi connectivity index (χ0) is 19.7. The van der Waals surface area contributed by atoms with Gasteiger partial charge in [-0.3, -0.25) is 0 Å². The fourth-order valence-electron chi connectivity index (χ4n) is 2.89. The minimum absolute atomic E-state index is 0.340. The predicted octanol–water partition coefficient (Wildman–Crippen LogP) is 4.33. The van der Waals surface area contributed by atoms with Crippen molar-refractivity contribution in [3.05, 3.63) is 78.2 Å². The smallest absolute Gasteiger partial charge is 0.337 e. The third-order valence-electron chi connectivity index (χ3n) is 4.25. The number of aromatic nitrogens is 2. The molecule has 140 valence electrons. The van der Waals surface area contributed by atoms with Gasteiger partial charge in [0.15, 0.2) is 0 Å². The molecule has 7 heteroatoms. The minimum Gasteiger partial charge on any atom is -0.465 e. The Balaban J connectivity index is 1.74. The molecule has 4 aromatic rings. The summed E-state index contributed by atoms with van der Waals surface area (Å²) in [5.41, 5.74) is 8.48. The number of carbonyl (C=O) groups is 1. The second-order valence-corrected chi connectivity index (χ2v) is 6.10. The Bertz CT molecular complexity index is 1150. The summed E-state index contributed by atoms with van der Waals surface area (Å²) in [5, 5.41) is 5.17. The number of hydrogen-bond donors (Lipinski definition) is 1. The minimum atomic E-state index is -0.406. The van der Waals surface area contributed by atoms with E-state index >= 15 is 0 Å². The molecule has 1 heterocycles. The first-order valence-corrected chi connectivity index (χ1v) is 8.44. The van der Waals surface area contributed by atoms with Crippen LogP contribution in [0.3, 0.4) is 0 Å². The van der Waals surface area contributed by atoms with E-state index in [0.29, 0.717) is 22.7 Å². The van der Waals surface area contributed by atoms with Gasteiger partial charge in [0.05, 0.1) is 35.5 Å². The molecule has 0 fully saturated rings. The lowest BCUT2D eigenvalue weighted by Gasteiger charge is -2.09. The molecule has 0 saturated heterocycles. The summed E-state index contributed by atoms with van der Waals surface area (Å²) in [4.78, 5) is 11.6. The average molecular weight is 377 g/mol. The van der Waals surface area contributed by atoms with Crippen LogP contribution in [0.4, 0.5) is 10.1 Å². The number of methoxy groups -OCH3 is 1. The normalized spacial score (nSPS) is 10.8. The second kappa shape index (κ2) is 7.03. The molecule has 6 nitrogen and oxygen atoms in total. The van der Waals surface area contributed by atoms with Crippen LogP contribution in [0.2, 0.25) is 0 Å². The highest BCUT2D eigenvalue weighted by Crippen LogP contribution is 2.33. The molecule has 0 aliphatic rings. The van der Waals surface area contributed by atoms with E-state index < -0.39 is 5.97 Å². The average Bonchev–Trinajstić information content (AvgIpc) is 3.13. The molecule has 0 unspecified atom stereocenters. The number of anilines is 1. The first-order chi connectivity index (χ1) is 13.5. The fraction of sp³-hybridized carbons (Fsp3) is 0.0476. The maximum atomic E-state index is 13.1. The van der Waals surface area contributed by atoms with Crippen LogP contribution in [0, 0.1) is 5.82 Å². The number of nitrogen functional groups attached to an aromatic ring is 1. The monoisotopic (exact) mass is 377 g/mol. The number of halogens is 1. The summed E-state index contributed by atoms with van der Waals surface area (Å²) in [6, 6.07) is 16.1. The van der Waals surface area contributed by atoms with Crippen molar-refractivity contribution >= 4 is 22.6 Å². The van der Waals surface area contributed by atoms with Crippen LogP contribution in [0.15, 0.2) is 66.9 Å². The first-order valence-electron chi connectivity index (χ1n) is 8.44. The van der Waals surface area contributed by atoms with Gasteiger partial charge in [-0.2, -0.15) is 5.10 Å². The van der Waals surface area contributed by atoms with Gasteiger partial charge in [-0.25, -0.2) is 13.9 Å². The Morgan fingerprint density at radius 1 is 1.07 bits per heavy atom. The Kier molecular flexibility index (Phi) is 4.41. The number of fused-ring (bicyclic) bond motifs is 1. The van der Waals surface area contributed by atoms with E-state index in [-0.39, 0.29) is 5.82 Å². The van der Waals surface area contributed by atoms with E-state index in [2.05, 4.69) is 5.10 Å². The molecule has 0 spiro atoms. The number of carbonyl (C=O) groups excluding carboxylic acids is 1. The van der Waals surface area contributed by atoms with Gasteiger partial charge in [-0.1, -0.05) is 0 Å². The largest absolute Gasteiger partial charge is 0.465 e. The molecule has 28 heavy (non-hydrogen) atoms. The summed E-state index contributed by atoms with van der Waals surface area (Å²) in [5.74, 6) is 0.256. The third-order valence-corrected chi connectivity index (χ3v) is 4.25. The molecular formula is C21H16FN3O3. The van der Waals surface area contributed by atoms with Gasteiger partial charge >= 0.3 is 5.97 Å². The molecule has 0 bridgehead atoms. The summed E-state index contributed by atoms with van der Waals surface area (Å²) in [7, 11) is 1.34. The molecule has 0 aliphatic carbocycles. The number of rotatable bonds is 4. The van der Waals surface area contributed by atoms with Gasteiger partial charge in [0.25, 0.3) is 0 Å². The highest BCUT2D eigenvalue weighted by Gasteiger charge is 2.13. The van der Waals surface area contributed by atoms with Crippen molar-refractivity contribution in [3.63, 3.8) is 0 Å².